The maximum absolute atomic E-state index is 6.64. The third kappa shape index (κ3) is 4.48. The lowest BCUT2D eigenvalue weighted by Crippen LogP contribution is -2.39. The van der Waals surface area contributed by atoms with Crippen molar-refractivity contribution in [3.05, 3.63) is 47.6 Å². The molecule has 0 unspecified atom stereocenters. The van der Waals surface area contributed by atoms with Crippen LogP contribution in [0.15, 0.2) is 42.6 Å². The smallest absolute Gasteiger partial charge is 0.220 e. The predicted molar refractivity (Wildman–Crippen MR) is 127 cm³/mol. The van der Waals surface area contributed by atoms with E-state index < -0.39 is 0 Å². The fraction of sp³-hybridized carbons (Fsp3) is 0.391. The monoisotopic (exact) mass is 438 g/mol. The lowest BCUT2D eigenvalue weighted by molar-refractivity contribution is 0.122. The number of hydrogen-bond donors (Lipinski definition) is 2. The molecular formula is C23H27ClN6O. The van der Waals surface area contributed by atoms with Crippen molar-refractivity contribution in [1.82, 2.24) is 9.97 Å². The van der Waals surface area contributed by atoms with Crippen LogP contribution in [0.4, 0.5) is 23.0 Å². The molecule has 2 aromatic carbocycles. The van der Waals surface area contributed by atoms with Crippen molar-refractivity contribution in [2.75, 3.05) is 60.2 Å². The summed E-state index contributed by atoms with van der Waals surface area (Å²) in [4.78, 5) is 13.1. The van der Waals surface area contributed by atoms with Crippen LogP contribution in [0.5, 0.6) is 0 Å². The van der Waals surface area contributed by atoms with Crippen LogP contribution in [0, 0.1) is 0 Å². The standard InChI is InChI=1S/C23H27ClN6O/c24-20-14-19(3-4-22(20)30-9-11-31-12-10-30)29-7-5-17(6-8-29)27-18-2-1-16-15-26-23(25)28-21(16)13-18/h1-4,13-15,17,27H,5-12H2,(H2,25,26,28). The van der Waals surface area contributed by atoms with Gasteiger partial charge in [0, 0.05) is 55.2 Å². The van der Waals surface area contributed by atoms with Gasteiger partial charge in [0.15, 0.2) is 0 Å². The van der Waals surface area contributed by atoms with E-state index in [9.17, 15) is 0 Å². The van der Waals surface area contributed by atoms with Gasteiger partial charge in [0.25, 0.3) is 0 Å². The molecule has 0 atom stereocenters. The third-order valence-corrected chi connectivity index (χ3v) is 6.42. The van der Waals surface area contributed by atoms with Crippen LogP contribution in [0.25, 0.3) is 10.9 Å². The zero-order valence-electron chi connectivity index (χ0n) is 17.4. The zero-order chi connectivity index (χ0) is 21.2. The van der Waals surface area contributed by atoms with Crippen molar-refractivity contribution >= 4 is 45.5 Å². The number of nitrogens with zero attached hydrogens (tertiary/aromatic N) is 4. The Bertz CT molecular complexity index is 1060. The molecule has 7 nitrogen and oxygen atoms in total. The Morgan fingerprint density at radius 1 is 1.00 bits per heavy atom. The predicted octanol–water partition coefficient (Wildman–Crippen LogP) is 3.78. The fourth-order valence-corrected chi connectivity index (χ4v) is 4.69. The molecular weight excluding hydrogens is 412 g/mol. The van der Waals surface area contributed by atoms with Gasteiger partial charge in [-0.15, -0.1) is 0 Å². The Morgan fingerprint density at radius 3 is 2.58 bits per heavy atom. The van der Waals surface area contributed by atoms with E-state index in [4.69, 9.17) is 22.1 Å². The molecule has 2 fully saturated rings. The third-order valence-electron chi connectivity index (χ3n) is 6.12. The fourth-order valence-electron chi connectivity index (χ4n) is 4.40. The SMILES string of the molecule is Nc1ncc2ccc(NC3CCN(c4ccc(N5CCOCC5)c(Cl)c4)CC3)cc2n1. The molecule has 0 saturated carbocycles. The highest BCUT2D eigenvalue weighted by molar-refractivity contribution is 6.33. The Morgan fingerprint density at radius 2 is 1.81 bits per heavy atom. The van der Waals surface area contributed by atoms with Crippen LogP contribution in [-0.2, 0) is 4.74 Å². The average molecular weight is 439 g/mol. The van der Waals surface area contributed by atoms with Crippen LogP contribution in [0.1, 0.15) is 12.8 Å². The molecule has 3 aromatic rings. The molecule has 2 aliphatic heterocycles. The molecule has 0 bridgehead atoms. The van der Waals surface area contributed by atoms with Crippen LogP contribution in [-0.4, -0.2) is 55.4 Å². The van der Waals surface area contributed by atoms with Gasteiger partial charge in [-0.25, -0.2) is 9.97 Å². The minimum atomic E-state index is 0.302. The molecule has 3 heterocycles. The maximum Gasteiger partial charge on any atom is 0.220 e. The van der Waals surface area contributed by atoms with Crippen molar-refractivity contribution in [2.45, 2.75) is 18.9 Å². The number of ether oxygens (including phenoxy) is 1. The van der Waals surface area contributed by atoms with Crippen molar-refractivity contribution in [3.8, 4) is 0 Å². The van der Waals surface area contributed by atoms with E-state index in [-0.39, 0.29) is 0 Å². The molecule has 0 amide bonds. The first-order valence-corrected chi connectivity index (χ1v) is 11.2. The number of anilines is 4. The van der Waals surface area contributed by atoms with Crippen LogP contribution in [0.2, 0.25) is 5.02 Å². The normalized spacial score (nSPS) is 17.8. The van der Waals surface area contributed by atoms with Gasteiger partial charge in [-0.1, -0.05) is 11.6 Å². The Kier molecular flexibility index (Phi) is 5.70. The summed E-state index contributed by atoms with van der Waals surface area (Å²) in [5.74, 6) is 0.302. The van der Waals surface area contributed by atoms with E-state index >= 15 is 0 Å². The summed E-state index contributed by atoms with van der Waals surface area (Å²) in [6.45, 7) is 5.29. The summed E-state index contributed by atoms with van der Waals surface area (Å²) in [7, 11) is 0. The number of nitrogens with two attached hydrogens (primary N) is 1. The number of nitrogen functional groups attached to an aromatic ring is 1. The Hall–Kier alpha value is -2.77. The van der Waals surface area contributed by atoms with Gasteiger partial charge in [0.2, 0.25) is 5.95 Å². The highest BCUT2D eigenvalue weighted by Crippen LogP contribution is 2.32. The van der Waals surface area contributed by atoms with Gasteiger partial charge in [0.05, 0.1) is 29.4 Å². The molecule has 1 aromatic heterocycles. The molecule has 0 aliphatic carbocycles. The largest absolute Gasteiger partial charge is 0.382 e. The molecule has 31 heavy (non-hydrogen) atoms. The summed E-state index contributed by atoms with van der Waals surface area (Å²) in [5.41, 5.74) is 9.96. The number of rotatable bonds is 4. The average Bonchev–Trinajstić information content (AvgIpc) is 2.80. The highest BCUT2D eigenvalue weighted by atomic mass is 35.5. The van der Waals surface area contributed by atoms with Gasteiger partial charge in [-0.3, -0.25) is 0 Å². The lowest BCUT2D eigenvalue weighted by Gasteiger charge is -2.35. The van der Waals surface area contributed by atoms with Crippen molar-refractivity contribution in [3.63, 3.8) is 0 Å². The van der Waals surface area contributed by atoms with Gasteiger partial charge >= 0.3 is 0 Å². The van der Waals surface area contributed by atoms with Crippen LogP contribution >= 0.6 is 11.6 Å². The minimum absolute atomic E-state index is 0.302. The molecule has 162 valence electrons. The van der Waals surface area contributed by atoms with Crippen LogP contribution in [0.3, 0.4) is 0 Å². The van der Waals surface area contributed by atoms with Crippen molar-refractivity contribution < 1.29 is 4.74 Å². The summed E-state index contributed by atoms with van der Waals surface area (Å²) in [6.07, 6.45) is 3.88. The highest BCUT2D eigenvalue weighted by Gasteiger charge is 2.21. The number of aromatic nitrogens is 2. The molecule has 3 N–H and O–H groups in total. The van der Waals surface area contributed by atoms with Crippen molar-refractivity contribution in [1.29, 1.82) is 0 Å². The van der Waals surface area contributed by atoms with E-state index in [0.717, 1.165) is 79.5 Å². The topological polar surface area (TPSA) is 79.5 Å². The molecule has 8 heteroatoms. The van der Waals surface area contributed by atoms with Gasteiger partial charge in [-0.2, -0.15) is 0 Å². The number of halogens is 1. The number of nitrogens with one attached hydrogen (secondary N) is 1. The van der Waals surface area contributed by atoms with E-state index in [0.29, 0.717) is 12.0 Å². The summed E-state index contributed by atoms with van der Waals surface area (Å²) in [6, 6.07) is 13.0. The number of benzene rings is 2. The first-order chi connectivity index (χ1) is 15.2. The van der Waals surface area contributed by atoms with Crippen LogP contribution < -0.4 is 20.9 Å². The second-order valence-corrected chi connectivity index (χ2v) is 8.55. The van der Waals surface area contributed by atoms with Gasteiger partial charge in [0.1, 0.15) is 0 Å². The number of piperidine rings is 1. The maximum atomic E-state index is 6.64. The van der Waals surface area contributed by atoms with Crippen molar-refractivity contribution in [2.24, 2.45) is 0 Å². The lowest BCUT2D eigenvalue weighted by atomic mass is 10.0. The zero-order valence-corrected chi connectivity index (χ0v) is 18.2. The number of fused-ring (bicyclic) bond motifs is 1. The second-order valence-electron chi connectivity index (χ2n) is 8.14. The number of morpholine rings is 1. The second kappa shape index (κ2) is 8.77. The molecule has 5 rings (SSSR count). The first-order valence-electron chi connectivity index (χ1n) is 10.8. The van der Waals surface area contributed by atoms with E-state index in [2.05, 4.69) is 49.4 Å². The minimum Gasteiger partial charge on any atom is -0.382 e. The Balaban J connectivity index is 1.21. The molecule has 2 aliphatic rings. The van der Waals surface area contributed by atoms with E-state index in [1.807, 2.05) is 12.1 Å². The summed E-state index contributed by atoms with van der Waals surface area (Å²) >= 11 is 6.64. The molecule has 0 spiro atoms. The molecule has 2 saturated heterocycles. The van der Waals surface area contributed by atoms with E-state index in [1.165, 1.54) is 5.69 Å². The number of hydrogen-bond acceptors (Lipinski definition) is 7. The first kappa shape index (κ1) is 20.2. The van der Waals surface area contributed by atoms with Gasteiger partial charge < -0.3 is 25.6 Å². The van der Waals surface area contributed by atoms with E-state index in [1.54, 1.807) is 6.20 Å². The summed E-state index contributed by atoms with van der Waals surface area (Å²) < 4.78 is 5.45. The summed E-state index contributed by atoms with van der Waals surface area (Å²) in [5, 5.41) is 5.46. The Labute approximate surface area is 187 Å². The quantitative estimate of drug-likeness (QED) is 0.641. The molecule has 0 radical (unpaired) electrons. The van der Waals surface area contributed by atoms with Gasteiger partial charge in [-0.05, 0) is 49.2 Å².